The Kier molecular flexibility index (Phi) is 5.38. The molecule has 0 radical (unpaired) electrons. The highest BCUT2D eigenvalue weighted by atomic mass is 16.5. The van der Waals surface area contributed by atoms with E-state index in [2.05, 4.69) is 18.3 Å². The molecule has 1 aliphatic rings. The lowest BCUT2D eigenvalue weighted by molar-refractivity contribution is 0.199. The van der Waals surface area contributed by atoms with Gasteiger partial charge in [-0.3, -0.25) is 4.79 Å². The average Bonchev–Trinajstić information content (AvgIpc) is 2.91. The Morgan fingerprint density at radius 1 is 1.35 bits per heavy atom. The molecule has 1 heterocycles. The molecule has 0 aliphatic heterocycles. The normalized spacial score (nSPS) is 15.9. The van der Waals surface area contributed by atoms with Gasteiger partial charge in [-0.25, -0.2) is 0 Å². The molecule has 0 saturated heterocycles. The van der Waals surface area contributed by atoms with Gasteiger partial charge in [0.15, 0.2) is 0 Å². The largest absolute Gasteiger partial charge is 0.383 e. The molecule has 0 bridgehead atoms. The molecular weight excluding hydrogens is 252 g/mol. The third-order valence-electron chi connectivity index (χ3n) is 4.23. The number of ether oxygens (including phenoxy) is 1. The van der Waals surface area contributed by atoms with Crippen molar-refractivity contribution in [1.29, 1.82) is 0 Å². The fourth-order valence-corrected chi connectivity index (χ4v) is 3.16. The second-order valence-electron chi connectivity index (χ2n) is 5.73. The van der Waals surface area contributed by atoms with Crippen LogP contribution in [-0.4, -0.2) is 24.8 Å². The lowest BCUT2D eigenvalue weighted by Gasteiger charge is -2.20. The van der Waals surface area contributed by atoms with E-state index in [1.54, 1.807) is 7.11 Å². The molecule has 20 heavy (non-hydrogen) atoms. The summed E-state index contributed by atoms with van der Waals surface area (Å²) in [7, 11) is 1.69. The first-order chi connectivity index (χ1) is 9.65. The lowest BCUT2D eigenvalue weighted by Crippen LogP contribution is -2.32. The van der Waals surface area contributed by atoms with Crippen molar-refractivity contribution >= 4 is 0 Å². The molecule has 4 nitrogen and oxygen atoms in total. The second kappa shape index (κ2) is 7.04. The predicted octanol–water partition coefficient (Wildman–Crippen LogP) is 2.32. The SMILES string of the molecule is COCCNCc1c(C)cc(C)n(C2CCCC2)c1=O. The summed E-state index contributed by atoms with van der Waals surface area (Å²) in [5.74, 6) is 0. The maximum absolute atomic E-state index is 12.8. The summed E-state index contributed by atoms with van der Waals surface area (Å²) in [4.78, 5) is 12.8. The molecule has 1 aromatic rings. The van der Waals surface area contributed by atoms with Crippen molar-refractivity contribution in [3.8, 4) is 0 Å². The first kappa shape index (κ1) is 15.3. The third-order valence-corrected chi connectivity index (χ3v) is 4.23. The van der Waals surface area contributed by atoms with Crippen LogP contribution in [0.25, 0.3) is 0 Å². The number of aryl methyl sites for hydroxylation is 2. The van der Waals surface area contributed by atoms with E-state index in [0.29, 0.717) is 19.2 Å². The van der Waals surface area contributed by atoms with Gasteiger partial charge >= 0.3 is 0 Å². The zero-order valence-corrected chi connectivity index (χ0v) is 12.9. The predicted molar refractivity (Wildman–Crippen MR) is 81.3 cm³/mol. The second-order valence-corrected chi connectivity index (χ2v) is 5.73. The van der Waals surface area contributed by atoms with Gasteiger partial charge in [0.05, 0.1) is 6.61 Å². The minimum atomic E-state index is 0.194. The molecule has 2 rings (SSSR count). The number of aromatic nitrogens is 1. The first-order valence-corrected chi connectivity index (χ1v) is 7.56. The molecule has 1 aromatic heterocycles. The van der Waals surface area contributed by atoms with E-state index in [-0.39, 0.29) is 5.56 Å². The van der Waals surface area contributed by atoms with Gasteiger partial charge in [-0.1, -0.05) is 12.8 Å². The molecule has 112 valence electrons. The number of nitrogens with one attached hydrogen (secondary N) is 1. The summed E-state index contributed by atoms with van der Waals surface area (Å²) >= 11 is 0. The quantitative estimate of drug-likeness (QED) is 0.812. The fourth-order valence-electron chi connectivity index (χ4n) is 3.16. The van der Waals surface area contributed by atoms with E-state index in [1.807, 2.05) is 11.5 Å². The Bertz CT molecular complexity index is 502. The van der Waals surface area contributed by atoms with Gasteiger partial charge in [0.25, 0.3) is 5.56 Å². The standard InChI is InChI=1S/C16H26N2O2/c1-12-10-13(2)18(14-6-4-5-7-14)16(19)15(12)11-17-8-9-20-3/h10,14,17H,4-9,11H2,1-3H3. The molecular formula is C16H26N2O2. The third kappa shape index (κ3) is 3.30. The van der Waals surface area contributed by atoms with Gasteiger partial charge in [-0.2, -0.15) is 0 Å². The Morgan fingerprint density at radius 2 is 2.05 bits per heavy atom. The van der Waals surface area contributed by atoms with Crippen LogP contribution in [0.2, 0.25) is 0 Å². The number of hydrogen-bond donors (Lipinski definition) is 1. The van der Waals surface area contributed by atoms with Crippen LogP contribution in [-0.2, 0) is 11.3 Å². The molecule has 0 amide bonds. The van der Waals surface area contributed by atoms with Crippen molar-refractivity contribution in [2.24, 2.45) is 0 Å². The highest BCUT2D eigenvalue weighted by Gasteiger charge is 2.21. The van der Waals surface area contributed by atoms with Gasteiger partial charge < -0.3 is 14.6 Å². The zero-order chi connectivity index (χ0) is 14.5. The average molecular weight is 278 g/mol. The van der Waals surface area contributed by atoms with Crippen molar-refractivity contribution in [2.45, 2.75) is 52.1 Å². The van der Waals surface area contributed by atoms with Crippen molar-refractivity contribution in [1.82, 2.24) is 9.88 Å². The van der Waals surface area contributed by atoms with Crippen molar-refractivity contribution in [2.75, 3.05) is 20.3 Å². The Labute approximate surface area is 121 Å². The molecule has 0 aromatic carbocycles. The van der Waals surface area contributed by atoms with Gasteiger partial charge in [-0.15, -0.1) is 0 Å². The van der Waals surface area contributed by atoms with Crippen molar-refractivity contribution in [3.05, 3.63) is 33.2 Å². The summed E-state index contributed by atoms with van der Waals surface area (Å²) in [5, 5.41) is 3.28. The van der Waals surface area contributed by atoms with Crippen LogP contribution in [0.5, 0.6) is 0 Å². The van der Waals surface area contributed by atoms with E-state index >= 15 is 0 Å². The van der Waals surface area contributed by atoms with Crippen LogP contribution in [0.15, 0.2) is 10.9 Å². The topological polar surface area (TPSA) is 43.3 Å². The molecule has 1 fully saturated rings. The summed E-state index contributed by atoms with van der Waals surface area (Å²) in [6.07, 6.45) is 4.76. The molecule has 4 heteroatoms. The van der Waals surface area contributed by atoms with E-state index in [0.717, 1.165) is 36.2 Å². The minimum absolute atomic E-state index is 0.194. The maximum atomic E-state index is 12.8. The maximum Gasteiger partial charge on any atom is 0.255 e. The molecule has 1 aliphatic carbocycles. The molecule has 0 spiro atoms. The van der Waals surface area contributed by atoms with Crippen LogP contribution in [0.3, 0.4) is 0 Å². The minimum Gasteiger partial charge on any atom is -0.383 e. The highest BCUT2D eigenvalue weighted by Crippen LogP contribution is 2.29. The Balaban J connectivity index is 2.22. The fraction of sp³-hybridized carbons (Fsp3) is 0.688. The van der Waals surface area contributed by atoms with Crippen LogP contribution < -0.4 is 10.9 Å². The highest BCUT2D eigenvalue weighted by molar-refractivity contribution is 5.26. The molecule has 1 saturated carbocycles. The van der Waals surface area contributed by atoms with Gasteiger partial charge in [0.2, 0.25) is 0 Å². The van der Waals surface area contributed by atoms with Crippen LogP contribution in [0.1, 0.15) is 48.5 Å². The number of rotatable bonds is 6. The number of hydrogen-bond acceptors (Lipinski definition) is 3. The summed E-state index contributed by atoms with van der Waals surface area (Å²) in [6, 6.07) is 2.55. The Morgan fingerprint density at radius 3 is 2.70 bits per heavy atom. The van der Waals surface area contributed by atoms with E-state index in [1.165, 1.54) is 12.8 Å². The number of methoxy groups -OCH3 is 1. The van der Waals surface area contributed by atoms with Crippen molar-refractivity contribution in [3.63, 3.8) is 0 Å². The van der Waals surface area contributed by atoms with Crippen LogP contribution in [0, 0.1) is 13.8 Å². The summed E-state index contributed by atoms with van der Waals surface area (Å²) < 4.78 is 7.04. The van der Waals surface area contributed by atoms with E-state index in [4.69, 9.17) is 4.74 Å². The molecule has 0 atom stereocenters. The smallest absolute Gasteiger partial charge is 0.255 e. The van der Waals surface area contributed by atoms with E-state index in [9.17, 15) is 4.79 Å². The van der Waals surface area contributed by atoms with Gasteiger partial charge in [0, 0.05) is 37.5 Å². The van der Waals surface area contributed by atoms with E-state index < -0.39 is 0 Å². The number of pyridine rings is 1. The Hall–Kier alpha value is -1.13. The lowest BCUT2D eigenvalue weighted by atomic mass is 10.1. The zero-order valence-electron chi connectivity index (χ0n) is 12.9. The monoisotopic (exact) mass is 278 g/mol. The van der Waals surface area contributed by atoms with Crippen LogP contribution in [0.4, 0.5) is 0 Å². The molecule has 0 unspecified atom stereocenters. The van der Waals surface area contributed by atoms with Gasteiger partial charge in [0.1, 0.15) is 0 Å². The summed E-state index contributed by atoms with van der Waals surface area (Å²) in [6.45, 7) is 6.14. The van der Waals surface area contributed by atoms with Crippen LogP contribution >= 0.6 is 0 Å². The summed E-state index contributed by atoms with van der Waals surface area (Å²) in [5.41, 5.74) is 3.28. The molecule has 1 N–H and O–H groups in total. The van der Waals surface area contributed by atoms with Crippen molar-refractivity contribution < 1.29 is 4.74 Å². The van der Waals surface area contributed by atoms with Gasteiger partial charge in [-0.05, 0) is 38.3 Å². The number of nitrogens with zero attached hydrogens (tertiary/aromatic N) is 1. The first-order valence-electron chi connectivity index (χ1n) is 7.56.